The fourth-order valence-electron chi connectivity index (χ4n) is 35.7. The van der Waals surface area contributed by atoms with Gasteiger partial charge in [0.2, 0.25) is 11.1 Å². The Balaban J connectivity index is 0.0000000934. The lowest BCUT2D eigenvalue weighted by molar-refractivity contribution is -0.598. The fourth-order valence-corrected chi connectivity index (χ4v) is 35.7. The van der Waals surface area contributed by atoms with Crippen molar-refractivity contribution in [1.29, 1.82) is 0 Å². The zero-order valence-electron chi connectivity index (χ0n) is 56.9. The maximum atomic E-state index is 11.5. The standard InChI is InChI=1S/C14H24.C13H21NO2.C13H22.C12H19NO2.C12H21N.C12H20/c1-11-5-12(2)8-13(3,6-11)10-14(4,7-11)9-12;1-10-4-11(2)6-12(3,5-10)9-13(7-10,8-11)14(15)16;1-11-4-10-5-12(2,7-11)9-13(3,6-10)8-11;1-10-3-9-4-11(2,6-10)8-12(5-9,7-10)13(14)15;1-10-3-9-4-11(2,6-10)8-12(13,5-9)7-10;1-11-4-9-3-10(5-11)7-12(2,6-9)8-11/h5-10H2,1-4H3;4-9H2,1-3H3;10H,4-9H2,1-3H3;9H,3-8H2,1-2H3;9H,3-8,13H2,1-2H3;9-10H,3-8H2,1-2H3. The third-order valence-corrected chi connectivity index (χ3v) is 29.5. The topological polar surface area (TPSA) is 112 Å². The predicted octanol–water partition coefficient (Wildman–Crippen LogP) is 21.1. The third-order valence-electron chi connectivity index (χ3n) is 29.5. The highest BCUT2D eigenvalue weighted by molar-refractivity contribution is 5.18. The monoisotopic (exact) mass is 1150 g/mol. The Kier molecular flexibility index (Phi) is 13.0. The summed E-state index contributed by atoms with van der Waals surface area (Å²) in [5.74, 6) is 4.89. The SMILES string of the molecule is CC12CC3(C)CC(C)(C1)CC(C)(C2)C3.CC12CC3(C)CC(C)(C1)CC([N+](=O)[O-])(C2)C3.CC12CC3CC(C)(C1)CC(C)(C3)C2.CC12CC3CC(C)(C1)CC(N)(C3)C2.CC12CC3CC(C)(C1)CC([N+](=O)[O-])(C3)C2.CC12CC3CC(C1)CC(C)(C3)C2. The second kappa shape index (κ2) is 17.8. The molecule has 7 heteroatoms. The molecule has 0 radical (unpaired) electrons. The highest BCUT2D eigenvalue weighted by Crippen LogP contribution is 2.76. The molecule has 24 saturated carbocycles. The third kappa shape index (κ3) is 11.2. The highest BCUT2D eigenvalue weighted by Gasteiger charge is 2.71. The van der Waals surface area contributed by atoms with E-state index < -0.39 is 11.1 Å². The second-order valence-corrected chi connectivity index (χ2v) is 44.4. The van der Waals surface area contributed by atoms with Crippen molar-refractivity contribution in [3.8, 4) is 0 Å². The summed E-state index contributed by atoms with van der Waals surface area (Å²) in [5.41, 5.74) is 14.4. The molecule has 83 heavy (non-hydrogen) atoms. The summed E-state index contributed by atoms with van der Waals surface area (Å²) in [6.45, 7) is 39.3. The van der Waals surface area contributed by atoms with E-state index in [1.54, 1.807) is 32.1 Å². The molecule has 24 rings (SSSR count). The van der Waals surface area contributed by atoms with Crippen molar-refractivity contribution in [2.24, 2.45) is 122 Å². The van der Waals surface area contributed by atoms with Crippen LogP contribution in [-0.4, -0.2) is 26.5 Å². The lowest BCUT2D eigenvalue weighted by atomic mass is 9.37. The molecule has 24 fully saturated rings. The van der Waals surface area contributed by atoms with Crippen LogP contribution in [0.25, 0.3) is 0 Å². The fraction of sp³-hybridized carbons (Fsp3) is 1.00. The summed E-state index contributed by atoms with van der Waals surface area (Å²) >= 11 is 0. The molecule has 4 unspecified atom stereocenters. The molecule has 0 amide bonds. The number of hydrogen-bond acceptors (Lipinski definition) is 5. The van der Waals surface area contributed by atoms with Crippen molar-refractivity contribution in [3.05, 3.63) is 20.2 Å². The van der Waals surface area contributed by atoms with E-state index in [1.165, 1.54) is 161 Å². The van der Waals surface area contributed by atoms with E-state index >= 15 is 0 Å². The van der Waals surface area contributed by atoms with Gasteiger partial charge in [-0.1, -0.05) is 111 Å². The van der Waals surface area contributed by atoms with Crippen LogP contribution in [0.4, 0.5) is 0 Å². The van der Waals surface area contributed by atoms with E-state index in [0.717, 1.165) is 89.3 Å². The van der Waals surface area contributed by atoms with Crippen molar-refractivity contribution in [1.82, 2.24) is 0 Å². The minimum atomic E-state index is -0.590. The Morgan fingerprint density at radius 3 is 0.663 bits per heavy atom. The summed E-state index contributed by atoms with van der Waals surface area (Å²) in [5, 5.41) is 22.8. The predicted molar refractivity (Wildman–Crippen MR) is 340 cm³/mol. The van der Waals surface area contributed by atoms with Gasteiger partial charge in [-0.05, 0) is 309 Å². The molecule has 470 valence electrons. The maximum absolute atomic E-state index is 11.5. The van der Waals surface area contributed by atoms with Crippen LogP contribution in [-0.2, 0) is 0 Å². The van der Waals surface area contributed by atoms with E-state index in [-0.39, 0.29) is 42.5 Å². The van der Waals surface area contributed by atoms with Crippen molar-refractivity contribution in [2.45, 2.75) is 359 Å². The summed E-state index contributed by atoms with van der Waals surface area (Å²) in [6.07, 6.45) is 48.1. The van der Waals surface area contributed by atoms with Crippen LogP contribution < -0.4 is 5.73 Å². The van der Waals surface area contributed by atoms with Crippen molar-refractivity contribution in [3.63, 3.8) is 0 Å². The average Bonchev–Trinajstić information content (AvgIpc) is 1.50. The van der Waals surface area contributed by atoms with Gasteiger partial charge in [0.05, 0.1) is 0 Å². The first-order valence-electron chi connectivity index (χ1n) is 35.7. The Bertz CT molecular complexity index is 2290. The Morgan fingerprint density at radius 2 is 0.434 bits per heavy atom. The van der Waals surface area contributed by atoms with Gasteiger partial charge in [-0.15, -0.1) is 0 Å². The van der Waals surface area contributed by atoms with Crippen molar-refractivity contribution in [2.75, 3.05) is 0 Å². The van der Waals surface area contributed by atoms with Crippen LogP contribution >= 0.6 is 0 Å². The normalized spacial score (nSPS) is 62.0. The molecule has 0 spiro atoms. The first-order chi connectivity index (χ1) is 37.7. The molecular weight excluding hydrogens is 1020 g/mol. The largest absolute Gasteiger partial charge is 0.325 e. The minimum absolute atomic E-state index is 0.0496. The smallest absolute Gasteiger partial charge is 0.223 e. The molecule has 24 aliphatic rings. The molecule has 0 aromatic carbocycles. The van der Waals surface area contributed by atoms with Gasteiger partial charge in [0.1, 0.15) is 0 Å². The molecule has 7 nitrogen and oxygen atoms in total. The number of hydrogen-bond donors (Lipinski definition) is 1. The van der Waals surface area contributed by atoms with Gasteiger partial charge >= 0.3 is 0 Å². The zero-order chi connectivity index (χ0) is 60.0. The van der Waals surface area contributed by atoms with E-state index in [1.807, 2.05) is 0 Å². The first kappa shape index (κ1) is 60.7. The van der Waals surface area contributed by atoms with E-state index in [9.17, 15) is 20.2 Å². The van der Waals surface area contributed by atoms with Crippen LogP contribution in [0, 0.1) is 136 Å². The summed E-state index contributed by atoms with van der Waals surface area (Å²) in [6, 6.07) is 0. The van der Waals surface area contributed by atoms with Gasteiger partial charge in [0.15, 0.2) is 0 Å². The van der Waals surface area contributed by atoms with Crippen LogP contribution in [0.3, 0.4) is 0 Å². The second-order valence-electron chi connectivity index (χ2n) is 44.4. The van der Waals surface area contributed by atoms with Crippen LogP contribution in [0.2, 0.25) is 0 Å². The lowest BCUT2D eigenvalue weighted by Gasteiger charge is -2.68. The van der Waals surface area contributed by atoms with Gasteiger partial charge < -0.3 is 5.73 Å². The Hall–Kier alpha value is -1.24. The zero-order valence-corrected chi connectivity index (χ0v) is 56.9. The van der Waals surface area contributed by atoms with Gasteiger partial charge in [0.25, 0.3) is 0 Å². The minimum Gasteiger partial charge on any atom is -0.325 e. The Morgan fingerprint density at radius 1 is 0.241 bits per heavy atom. The molecule has 0 saturated heterocycles. The molecule has 0 aliphatic heterocycles. The van der Waals surface area contributed by atoms with E-state index in [4.69, 9.17) is 5.73 Å². The maximum Gasteiger partial charge on any atom is 0.223 e. The number of nitrogens with two attached hydrogens (primary N) is 1. The highest BCUT2D eigenvalue weighted by atomic mass is 16.6. The van der Waals surface area contributed by atoms with Crippen molar-refractivity contribution < 1.29 is 9.85 Å². The lowest BCUT2D eigenvalue weighted by Crippen LogP contribution is -2.64. The Labute approximate surface area is 508 Å². The van der Waals surface area contributed by atoms with Gasteiger partial charge in [0, 0.05) is 53.9 Å². The summed E-state index contributed by atoms with van der Waals surface area (Å²) in [4.78, 5) is 22.9. The molecule has 0 aromatic heterocycles. The molecule has 24 bridgehead atoms. The summed E-state index contributed by atoms with van der Waals surface area (Å²) < 4.78 is 0. The van der Waals surface area contributed by atoms with Crippen molar-refractivity contribution >= 4 is 0 Å². The van der Waals surface area contributed by atoms with Gasteiger partial charge in [-0.3, -0.25) is 20.2 Å². The number of rotatable bonds is 2. The van der Waals surface area contributed by atoms with E-state index in [2.05, 4.69) is 111 Å². The van der Waals surface area contributed by atoms with Gasteiger partial charge in [-0.2, -0.15) is 0 Å². The molecule has 2 N–H and O–H groups in total. The molecule has 0 aromatic rings. The molecule has 24 aliphatic carbocycles. The van der Waals surface area contributed by atoms with Crippen LogP contribution in [0.15, 0.2) is 0 Å². The number of nitro groups is 2. The van der Waals surface area contributed by atoms with Crippen LogP contribution in [0.5, 0.6) is 0 Å². The number of nitrogens with zero attached hydrogens (tertiary/aromatic N) is 2. The van der Waals surface area contributed by atoms with Crippen LogP contribution in [0.1, 0.15) is 342 Å². The average molecular weight is 1150 g/mol. The molecule has 4 atom stereocenters. The summed E-state index contributed by atoms with van der Waals surface area (Å²) in [7, 11) is 0. The first-order valence-corrected chi connectivity index (χ1v) is 35.7. The molecule has 0 heterocycles. The van der Waals surface area contributed by atoms with Gasteiger partial charge in [-0.25, -0.2) is 0 Å². The quantitative estimate of drug-likeness (QED) is 0.219. The molecular formula is C76H127N3O4. The van der Waals surface area contributed by atoms with E-state index in [0.29, 0.717) is 38.4 Å².